The number of aromatic nitrogens is 3. The van der Waals surface area contributed by atoms with Gasteiger partial charge < -0.3 is 10.2 Å². The van der Waals surface area contributed by atoms with Crippen molar-refractivity contribution in [1.29, 1.82) is 0 Å². The summed E-state index contributed by atoms with van der Waals surface area (Å²) < 4.78 is 42.2. The maximum absolute atomic E-state index is 14.5. The molecule has 0 saturated carbocycles. The molecule has 1 aliphatic rings. The molecular weight excluding hydrogens is 407 g/mol. The molecular formula is C22H16F3N5O. The molecule has 2 aromatic heterocycles. The summed E-state index contributed by atoms with van der Waals surface area (Å²) in [4.78, 5) is 21.8. The molecule has 0 unspecified atom stereocenters. The van der Waals surface area contributed by atoms with Crippen LogP contribution in [0.5, 0.6) is 0 Å². The third kappa shape index (κ3) is 3.70. The van der Waals surface area contributed by atoms with Crippen LogP contribution in [0.1, 0.15) is 0 Å². The topological polar surface area (TPSA) is 62.5 Å². The van der Waals surface area contributed by atoms with E-state index in [4.69, 9.17) is 0 Å². The second kappa shape index (κ2) is 7.12. The van der Waals surface area contributed by atoms with E-state index in [2.05, 4.69) is 15.3 Å². The van der Waals surface area contributed by atoms with Gasteiger partial charge in [-0.2, -0.15) is 0 Å². The van der Waals surface area contributed by atoms with E-state index >= 15 is 0 Å². The van der Waals surface area contributed by atoms with E-state index in [0.717, 1.165) is 16.0 Å². The van der Waals surface area contributed by atoms with E-state index in [-0.39, 0.29) is 11.3 Å². The lowest BCUT2D eigenvalue weighted by atomic mass is 10.1. The Morgan fingerprint density at radius 2 is 1.81 bits per heavy atom. The highest BCUT2D eigenvalue weighted by Crippen LogP contribution is 2.29. The van der Waals surface area contributed by atoms with Gasteiger partial charge in [-0.05, 0) is 23.8 Å². The lowest BCUT2D eigenvalue weighted by molar-refractivity contribution is -0.107. The highest BCUT2D eigenvalue weighted by atomic mass is 19.3. The van der Waals surface area contributed by atoms with Crippen molar-refractivity contribution in [2.45, 2.75) is 5.92 Å². The Hall–Kier alpha value is -3.88. The zero-order valence-electron chi connectivity index (χ0n) is 16.1. The minimum absolute atomic E-state index is 0.165. The molecule has 0 atom stereocenters. The highest BCUT2D eigenvalue weighted by Gasteiger charge is 2.46. The molecule has 5 rings (SSSR count). The number of hydrogen-bond donors (Lipinski definition) is 1. The van der Waals surface area contributed by atoms with Gasteiger partial charge >= 0.3 is 6.03 Å². The van der Waals surface area contributed by atoms with Crippen LogP contribution >= 0.6 is 0 Å². The summed E-state index contributed by atoms with van der Waals surface area (Å²) in [6.07, 6.45) is 5.19. The van der Waals surface area contributed by atoms with Crippen LogP contribution < -0.4 is 5.32 Å². The molecule has 0 bridgehead atoms. The Bertz CT molecular complexity index is 1280. The Morgan fingerprint density at radius 1 is 1.03 bits per heavy atom. The molecule has 1 N–H and O–H groups in total. The molecule has 9 heteroatoms. The SMILES string of the molecule is O=C(Nc1ccc(F)c(-c2cn3cc(-c4ccccc4)cnc3n2)c1)N1CC(F)(F)C1. The number of likely N-dealkylation sites (tertiary alicyclic amines) is 1. The Morgan fingerprint density at radius 3 is 2.55 bits per heavy atom. The summed E-state index contributed by atoms with van der Waals surface area (Å²) in [5.74, 6) is -2.99. The number of carbonyl (C=O) groups is 1. The monoisotopic (exact) mass is 423 g/mol. The molecule has 2 aromatic carbocycles. The second-order valence-electron chi connectivity index (χ2n) is 7.38. The molecule has 1 saturated heterocycles. The maximum Gasteiger partial charge on any atom is 0.322 e. The zero-order chi connectivity index (χ0) is 21.6. The standard InChI is InChI=1S/C22H16F3N5O/c23-18-7-6-16(27-21(31)30-12-22(24,25)13-30)8-17(18)19-11-29-10-15(9-26-20(29)28-19)14-4-2-1-3-5-14/h1-11H,12-13H2,(H,27,31). The van der Waals surface area contributed by atoms with Crippen molar-refractivity contribution >= 4 is 17.5 Å². The summed E-state index contributed by atoms with van der Waals surface area (Å²) in [5, 5.41) is 2.52. The molecule has 6 nitrogen and oxygen atoms in total. The summed E-state index contributed by atoms with van der Waals surface area (Å²) in [7, 11) is 0. The molecule has 3 heterocycles. The highest BCUT2D eigenvalue weighted by molar-refractivity contribution is 5.90. The average molecular weight is 423 g/mol. The number of benzene rings is 2. The number of carbonyl (C=O) groups excluding carboxylic acids is 1. The fourth-order valence-electron chi connectivity index (χ4n) is 3.45. The minimum atomic E-state index is -2.85. The van der Waals surface area contributed by atoms with Gasteiger partial charge in [0.15, 0.2) is 0 Å². The van der Waals surface area contributed by atoms with Crippen LogP contribution in [0.15, 0.2) is 67.1 Å². The van der Waals surface area contributed by atoms with Gasteiger partial charge in [0.25, 0.3) is 5.92 Å². The van der Waals surface area contributed by atoms with Crippen molar-refractivity contribution in [2.75, 3.05) is 18.4 Å². The van der Waals surface area contributed by atoms with E-state index in [9.17, 15) is 18.0 Å². The van der Waals surface area contributed by atoms with Crippen LogP contribution in [0.4, 0.5) is 23.7 Å². The number of alkyl halides is 2. The number of urea groups is 1. The van der Waals surface area contributed by atoms with Crippen LogP contribution in [0.2, 0.25) is 0 Å². The number of fused-ring (bicyclic) bond motifs is 1. The van der Waals surface area contributed by atoms with Gasteiger partial charge in [-0.25, -0.2) is 27.9 Å². The van der Waals surface area contributed by atoms with E-state index in [1.165, 1.54) is 18.2 Å². The normalized spacial score (nSPS) is 15.0. The lowest BCUT2D eigenvalue weighted by Gasteiger charge is -2.38. The first-order chi connectivity index (χ1) is 14.9. The molecule has 0 aliphatic carbocycles. The van der Waals surface area contributed by atoms with Crippen molar-refractivity contribution in [3.05, 3.63) is 72.9 Å². The number of anilines is 1. The predicted molar refractivity (Wildman–Crippen MR) is 109 cm³/mol. The molecule has 1 fully saturated rings. The van der Waals surface area contributed by atoms with Crippen LogP contribution in [0.25, 0.3) is 28.2 Å². The number of amides is 2. The van der Waals surface area contributed by atoms with Crippen molar-refractivity contribution in [2.24, 2.45) is 0 Å². The first-order valence-corrected chi connectivity index (χ1v) is 9.52. The predicted octanol–water partition coefficient (Wildman–Crippen LogP) is 4.69. The molecule has 1 aliphatic heterocycles. The van der Waals surface area contributed by atoms with Crippen LogP contribution in [-0.4, -0.2) is 44.3 Å². The number of nitrogens with one attached hydrogen (secondary N) is 1. The van der Waals surface area contributed by atoms with E-state index in [0.29, 0.717) is 11.5 Å². The quantitative estimate of drug-likeness (QED) is 0.520. The van der Waals surface area contributed by atoms with Crippen molar-refractivity contribution in [3.8, 4) is 22.4 Å². The van der Waals surface area contributed by atoms with E-state index in [1.807, 2.05) is 36.5 Å². The third-order valence-corrected chi connectivity index (χ3v) is 5.04. The van der Waals surface area contributed by atoms with Crippen LogP contribution in [0.3, 0.4) is 0 Å². The Balaban J connectivity index is 1.43. The van der Waals surface area contributed by atoms with Crippen molar-refractivity contribution in [3.63, 3.8) is 0 Å². The number of halogens is 3. The minimum Gasteiger partial charge on any atom is -0.312 e. The van der Waals surface area contributed by atoms with Gasteiger partial charge in [0.05, 0.1) is 18.8 Å². The average Bonchev–Trinajstić information content (AvgIpc) is 3.17. The fraction of sp³-hybridized carbons (Fsp3) is 0.136. The first-order valence-electron chi connectivity index (χ1n) is 9.52. The molecule has 0 radical (unpaired) electrons. The largest absolute Gasteiger partial charge is 0.322 e. The smallest absolute Gasteiger partial charge is 0.312 e. The number of nitrogens with zero attached hydrogens (tertiary/aromatic N) is 4. The summed E-state index contributed by atoms with van der Waals surface area (Å²) in [5.41, 5.74) is 2.65. The van der Waals surface area contributed by atoms with E-state index in [1.54, 1.807) is 16.8 Å². The second-order valence-corrected chi connectivity index (χ2v) is 7.38. The van der Waals surface area contributed by atoms with Gasteiger partial charge in [0, 0.05) is 35.4 Å². The van der Waals surface area contributed by atoms with Gasteiger partial charge in [0.2, 0.25) is 5.78 Å². The molecule has 2 amide bonds. The Kier molecular flexibility index (Phi) is 4.39. The third-order valence-electron chi connectivity index (χ3n) is 5.04. The van der Waals surface area contributed by atoms with E-state index < -0.39 is 30.9 Å². The van der Waals surface area contributed by atoms with Crippen molar-refractivity contribution in [1.82, 2.24) is 19.3 Å². The fourth-order valence-corrected chi connectivity index (χ4v) is 3.45. The Labute approximate surface area is 175 Å². The lowest BCUT2D eigenvalue weighted by Crippen LogP contribution is -2.59. The van der Waals surface area contributed by atoms with Gasteiger partial charge in [-0.15, -0.1) is 0 Å². The number of rotatable bonds is 3. The molecule has 156 valence electrons. The molecule has 4 aromatic rings. The molecule has 0 spiro atoms. The van der Waals surface area contributed by atoms with Crippen molar-refractivity contribution < 1.29 is 18.0 Å². The van der Waals surface area contributed by atoms with Gasteiger partial charge in [-0.1, -0.05) is 30.3 Å². The van der Waals surface area contributed by atoms with Crippen LogP contribution in [0, 0.1) is 5.82 Å². The van der Waals surface area contributed by atoms with Crippen LogP contribution in [-0.2, 0) is 0 Å². The summed E-state index contributed by atoms with van der Waals surface area (Å²) >= 11 is 0. The summed E-state index contributed by atoms with van der Waals surface area (Å²) in [6, 6.07) is 13.0. The van der Waals surface area contributed by atoms with Gasteiger partial charge in [-0.3, -0.25) is 4.40 Å². The first kappa shape index (κ1) is 19.1. The maximum atomic E-state index is 14.5. The number of hydrogen-bond acceptors (Lipinski definition) is 3. The zero-order valence-corrected chi connectivity index (χ0v) is 16.1. The molecule has 31 heavy (non-hydrogen) atoms. The number of imidazole rings is 1. The van der Waals surface area contributed by atoms with Gasteiger partial charge in [0.1, 0.15) is 5.82 Å². The summed E-state index contributed by atoms with van der Waals surface area (Å²) in [6.45, 7) is -1.26.